The summed E-state index contributed by atoms with van der Waals surface area (Å²) in [6.07, 6.45) is 4.02. The van der Waals surface area contributed by atoms with E-state index < -0.39 is 0 Å². The predicted molar refractivity (Wildman–Crippen MR) is 103 cm³/mol. The molecule has 3 aromatic rings. The number of fused-ring (bicyclic) bond motifs is 1. The average Bonchev–Trinajstić information content (AvgIpc) is 3.32. The van der Waals surface area contributed by atoms with Gasteiger partial charge in [-0.05, 0) is 73.2 Å². The molecule has 1 fully saturated rings. The number of aromatic nitrogens is 2. The largest absolute Gasteiger partial charge is 0.349 e. The Morgan fingerprint density at radius 3 is 2.64 bits per heavy atom. The highest BCUT2D eigenvalue weighted by Gasteiger charge is 2.24. The van der Waals surface area contributed by atoms with Crippen molar-refractivity contribution in [2.24, 2.45) is 0 Å². The maximum Gasteiger partial charge on any atom is 0.251 e. The van der Waals surface area contributed by atoms with Crippen LogP contribution in [-0.4, -0.2) is 22.1 Å². The molecular formula is C21H25N3O. The van der Waals surface area contributed by atoms with Crippen LogP contribution >= 0.6 is 0 Å². The van der Waals surface area contributed by atoms with E-state index in [2.05, 4.69) is 41.5 Å². The zero-order chi connectivity index (χ0) is 18.0. The number of carbonyl (C=O) groups excluding carboxylic acids is 1. The van der Waals surface area contributed by atoms with Crippen molar-refractivity contribution in [3.05, 3.63) is 53.2 Å². The van der Waals surface area contributed by atoms with Gasteiger partial charge in [-0.25, -0.2) is 0 Å². The molecule has 1 amide bonds. The quantitative estimate of drug-likeness (QED) is 0.724. The highest BCUT2D eigenvalue weighted by molar-refractivity contribution is 5.97. The summed E-state index contributed by atoms with van der Waals surface area (Å²) in [7, 11) is 0. The molecule has 4 heteroatoms. The van der Waals surface area contributed by atoms with Gasteiger partial charge in [-0.1, -0.05) is 19.9 Å². The third-order valence-electron chi connectivity index (χ3n) is 4.59. The van der Waals surface area contributed by atoms with Crippen LogP contribution in [0.2, 0.25) is 0 Å². The van der Waals surface area contributed by atoms with E-state index in [0.29, 0.717) is 6.04 Å². The number of H-pyrrole nitrogens is 1. The third kappa shape index (κ3) is 3.58. The topological polar surface area (TPSA) is 57.8 Å². The van der Waals surface area contributed by atoms with Crippen LogP contribution in [-0.2, 0) is 0 Å². The van der Waals surface area contributed by atoms with Gasteiger partial charge in [0.05, 0.1) is 11.7 Å². The van der Waals surface area contributed by atoms with Crippen molar-refractivity contribution in [1.82, 2.24) is 15.5 Å². The number of aryl methyl sites for hydroxylation is 1. The van der Waals surface area contributed by atoms with Crippen molar-refractivity contribution in [1.29, 1.82) is 0 Å². The highest BCUT2D eigenvalue weighted by atomic mass is 16.1. The van der Waals surface area contributed by atoms with E-state index in [1.54, 1.807) is 0 Å². The summed E-state index contributed by atoms with van der Waals surface area (Å²) in [5.74, 6) is 0.0289. The molecule has 1 aliphatic rings. The summed E-state index contributed by atoms with van der Waals surface area (Å²) >= 11 is 0. The fraction of sp³-hybridized carbons (Fsp3) is 0.333. The number of carbonyl (C=O) groups is 1. The molecule has 4 rings (SSSR count). The van der Waals surface area contributed by atoms with Gasteiger partial charge < -0.3 is 5.32 Å². The average molecular weight is 335 g/mol. The summed E-state index contributed by atoms with van der Waals surface area (Å²) in [5.41, 5.74) is 6.31. The van der Waals surface area contributed by atoms with Gasteiger partial charge in [-0.2, -0.15) is 5.10 Å². The lowest BCUT2D eigenvalue weighted by Crippen LogP contribution is -2.25. The Bertz CT molecular complexity index is 907. The summed E-state index contributed by atoms with van der Waals surface area (Å²) in [6, 6.07) is 10.6. The van der Waals surface area contributed by atoms with Gasteiger partial charge in [0, 0.05) is 17.0 Å². The van der Waals surface area contributed by atoms with Crippen LogP contribution in [0.4, 0.5) is 0 Å². The van der Waals surface area contributed by atoms with Crippen molar-refractivity contribution in [2.75, 3.05) is 0 Å². The zero-order valence-electron chi connectivity index (χ0n) is 15.3. The van der Waals surface area contributed by atoms with Gasteiger partial charge >= 0.3 is 0 Å². The van der Waals surface area contributed by atoms with Crippen LogP contribution in [0, 0.1) is 13.8 Å². The van der Waals surface area contributed by atoms with E-state index >= 15 is 0 Å². The molecule has 2 N–H and O–H groups in total. The van der Waals surface area contributed by atoms with E-state index in [-0.39, 0.29) is 5.91 Å². The Morgan fingerprint density at radius 1 is 1.16 bits per heavy atom. The Labute approximate surface area is 148 Å². The van der Waals surface area contributed by atoms with Gasteiger partial charge in [-0.3, -0.25) is 9.89 Å². The molecule has 0 atom stereocenters. The van der Waals surface area contributed by atoms with Crippen LogP contribution < -0.4 is 5.32 Å². The number of hydrogen-bond acceptors (Lipinski definition) is 2. The molecule has 130 valence electrons. The SMILES string of the molecule is CC.Cc1cc(C(=O)NC2CC2)cc(-c2ccc3[nH]ncc3c2)c1C. The third-order valence-corrected chi connectivity index (χ3v) is 4.59. The number of amides is 1. The van der Waals surface area contributed by atoms with Crippen LogP contribution in [0.25, 0.3) is 22.0 Å². The lowest BCUT2D eigenvalue weighted by atomic mass is 9.93. The van der Waals surface area contributed by atoms with Gasteiger partial charge in [-0.15, -0.1) is 0 Å². The maximum atomic E-state index is 12.4. The normalized spacial score (nSPS) is 13.3. The molecule has 1 heterocycles. The van der Waals surface area contributed by atoms with E-state index in [1.807, 2.05) is 38.2 Å². The van der Waals surface area contributed by atoms with E-state index in [0.717, 1.165) is 46.0 Å². The fourth-order valence-electron chi connectivity index (χ4n) is 2.90. The number of nitrogens with one attached hydrogen (secondary N) is 2. The first-order chi connectivity index (χ1) is 12.1. The summed E-state index contributed by atoms with van der Waals surface area (Å²) in [6.45, 7) is 8.16. The van der Waals surface area contributed by atoms with E-state index in [4.69, 9.17) is 0 Å². The van der Waals surface area contributed by atoms with Crippen molar-refractivity contribution < 1.29 is 4.79 Å². The predicted octanol–water partition coefficient (Wildman–Crippen LogP) is 4.77. The molecule has 0 spiro atoms. The first-order valence-corrected chi connectivity index (χ1v) is 8.97. The van der Waals surface area contributed by atoms with Crippen LogP contribution in [0.1, 0.15) is 48.2 Å². The molecule has 4 nitrogen and oxygen atoms in total. The summed E-state index contributed by atoms with van der Waals surface area (Å²) < 4.78 is 0. The number of hydrogen-bond donors (Lipinski definition) is 2. The molecule has 0 radical (unpaired) electrons. The lowest BCUT2D eigenvalue weighted by Gasteiger charge is -2.13. The molecule has 0 aliphatic heterocycles. The zero-order valence-corrected chi connectivity index (χ0v) is 15.3. The van der Waals surface area contributed by atoms with Crippen molar-refractivity contribution in [3.8, 4) is 11.1 Å². The fourth-order valence-corrected chi connectivity index (χ4v) is 2.90. The molecule has 1 aliphatic carbocycles. The second kappa shape index (κ2) is 7.09. The number of benzene rings is 2. The van der Waals surface area contributed by atoms with Crippen LogP contribution in [0.5, 0.6) is 0 Å². The lowest BCUT2D eigenvalue weighted by molar-refractivity contribution is 0.0951. The Hall–Kier alpha value is -2.62. The Kier molecular flexibility index (Phi) is 4.88. The molecule has 0 unspecified atom stereocenters. The summed E-state index contributed by atoms with van der Waals surface area (Å²) in [4.78, 5) is 12.4. The van der Waals surface area contributed by atoms with Crippen LogP contribution in [0.3, 0.4) is 0 Å². The standard InChI is InChI=1S/C19H19N3O.C2H6/c1-11-7-14(19(23)21-16-4-5-16)9-17(12(11)2)13-3-6-18-15(8-13)10-20-22-18;1-2/h3,6-10,16H,4-5H2,1-2H3,(H,20,22)(H,21,23);1-2H3. The number of nitrogens with zero attached hydrogens (tertiary/aromatic N) is 1. The van der Waals surface area contributed by atoms with Gasteiger partial charge in [0.15, 0.2) is 0 Å². The van der Waals surface area contributed by atoms with Crippen molar-refractivity contribution in [3.63, 3.8) is 0 Å². The van der Waals surface area contributed by atoms with E-state index in [9.17, 15) is 4.79 Å². The minimum Gasteiger partial charge on any atom is -0.349 e. The molecule has 0 bridgehead atoms. The molecular weight excluding hydrogens is 310 g/mol. The molecule has 0 saturated heterocycles. The number of aromatic amines is 1. The van der Waals surface area contributed by atoms with Crippen LogP contribution in [0.15, 0.2) is 36.5 Å². The maximum absolute atomic E-state index is 12.4. The van der Waals surface area contributed by atoms with Gasteiger partial charge in [0.25, 0.3) is 5.91 Å². The Morgan fingerprint density at radius 2 is 1.92 bits per heavy atom. The minimum absolute atomic E-state index is 0.0289. The smallest absolute Gasteiger partial charge is 0.251 e. The van der Waals surface area contributed by atoms with Gasteiger partial charge in [0.1, 0.15) is 0 Å². The second-order valence-corrected chi connectivity index (χ2v) is 6.39. The molecule has 2 aromatic carbocycles. The number of rotatable bonds is 3. The van der Waals surface area contributed by atoms with Gasteiger partial charge in [0.2, 0.25) is 0 Å². The highest BCUT2D eigenvalue weighted by Crippen LogP contribution is 2.30. The second-order valence-electron chi connectivity index (χ2n) is 6.39. The molecule has 1 saturated carbocycles. The molecule has 1 aromatic heterocycles. The van der Waals surface area contributed by atoms with Crippen molar-refractivity contribution in [2.45, 2.75) is 46.6 Å². The minimum atomic E-state index is 0.0289. The Balaban J connectivity index is 0.000000880. The summed E-state index contributed by atoms with van der Waals surface area (Å²) in [5, 5.41) is 11.2. The first kappa shape index (κ1) is 17.2. The first-order valence-electron chi connectivity index (χ1n) is 8.97. The van der Waals surface area contributed by atoms with Crippen molar-refractivity contribution >= 4 is 16.8 Å². The molecule has 25 heavy (non-hydrogen) atoms. The van der Waals surface area contributed by atoms with E-state index in [1.165, 1.54) is 5.56 Å². The monoisotopic (exact) mass is 335 g/mol.